The second-order valence-electron chi connectivity index (χ2n) is 8.69. The van der Waals surface area contributed by atoms with Crippen LogP contribution in [0.15, 0.2) is 18.2 Å². The van der Waals surface area contributed by atoms with Gasteiger partial charge in [-0.3, -0.25) is 4.55 Å². The van der Waals surface area contributed by atoms with Gasteiger partial charge in [-0.2, -0.15) is 13.4 Å². The zero-order chi connectivity index (χ0) is 24.2. The quantitative estimate of drug-likeness (QED) is 0.433. The van der Waals surface area contributed by atoms with Gasteiger partial charge < -0.3 is 14.5 Å². The van der Waals surface area contributed by atoms with Gasteiger partial charge in [0.1, 0.15) is 17.0 Å². The summed E-state index contributed by atoms with van der Waals surface area (Å²) in [5.74, 6) is 0.751. The molecule has 0 fully saturated rings. The molecule has 2 aromatic rings. The van der Waals surface area contributed by atoms with E-state index in [4.69, 9.17) is 14.0 Å². The molecule has 0 aliphatic rings. The van der Waals surface area contributed by atoms with Crippen LogP contribution in [0.2, 0.25) is 0 Å². The van der Waals surface area contributed by atoms with Crippen molar-refractivity contribution in [3.8, 4) is 0 Å². The van der Waals surface area contributed by atoms with E-state index in [0.717, 1.165) is 21.9 Å². The molecular weight excluding hydrogens is 428 g/mol. The molecule has 0 atom stereocenters. The van der Waals surface area contributed by atoms with Gasteiger partial charge in [0.25, 0.3) is 10.1 Å². The van der Waals surface area contributed by atoms with Crippen molar-refractivity contribution >= 4 is 39.0 Å². The Labute approximate surface area is 181 Å². The van der Waals surface area contributed by atoms with Gasteiger partial charge in [-0.1, -0.05) is 0 Å². The lowest BCUT2D eigenvalue weighted by Crippen LogP contribution is -2.50. The van der Waals surface area contributed by atoms with Crippen molar-refractivity contribution in [2.45, 2.75) is 59.7 Å². The van der Waals surface area contributed by atoms with Gasteiger partial charge in [-0.25, -0.2) is 20.0 Å². The predicted molar refractivity (Wildman–Crippen MR) is 116 cm³/mol. The minimum absolute atomic E-state index is 0.418. The Kier molecular flexibility index (Phi) is 8.04. The highest BCUT2D eigenvalue weighted by Gasteiger charge is 2.27. The van der Waals surface area contributed by atoms with Gasteiger partial charge >= 0.3 is 12.2 Å². The molecule has 1 heterocycles. The predicted octanol–water partition coefficient (Wildman–Crippen LogP) is 3.56. The summed E-state index contributed by atoms with van der Waals surface area (Å²) in [5.41, 5.74) is 2.93. The number of anilines is 1. The maximum atomic E-state index is 12.6. The normalized spacial score (nSPS) is 11.9. The maximum absolute atomic E-state index is 12.6. The highest BCUT2D eigenvalue weighted by Crippen LogP contribution is 2.22. The van der Waals surface area contributed by atoms with Gasteiger partial charge in [0.05, 0.1) is 23.0 Å². The molecule has 1 aromatic heterocycles. The van der Waals surface area contributed by atoms with E-state index < -0.39 is 33.5 Å². The van der Waals surface area contributed by atoms with Crippen LogP contribution in [0.5, 0.6) is 0 Å². The molecule has 0 aliphatic heterocycles. The van der Waals surface area contributed by atoms with Gasteiger partial charge in [0, 0.05) is 0 Å². The number of rotatable bonds is 1. The fraction of sp³-hybridized carbons (Fsp3) is 0.526. The minimum Gasteiger partial charge on any atom is -0.443 e. The highest BCUT2D eigenvalue weighted by atomic mass is 32.2. The second-order valence-corrected chi connectivity index (χ2v) is 10.2. The van der Waals surface area contributed by atoms with Crippen molar-refractivity contribution in [1.29, 1.82) is 0 Å². The number of amides is 2. The number of aryl methyl sites for hydroxylation is 1. The lowest BCUT2D eigenvalue weighted by Gasteiger charge is -2.28. The second kappa shape index (κ2) is 9.52. The van der Waals surface area contributed by atoms with E-state index in [1.54, 1.807) is 59.7 Å². The SMILES string of the molecule is CS(=O)(=O)O.Cc1nc2ccc(N(NC(=O)OC(C)(C)C)C(=O)OC(C)(C)C)cc2[nH]1. The van der Waals surface area contributed by atoms with Crippen molar-refractivity contribution in [2.24, 2.45) is 0 Å². The van der Waals surface area contributed by atoms with E-state index in [1.807, 2.05) is 6.92 Å². The molecule has 31 heavy (non-hydrogen) atoms. The first kappa shape index (κ1) is 26.2. The molecule has 1 aromatic carbocycles. The van der Waals surface area contributed by atoms with Crippen LogP contribution in [0.25, 0.3) is 11.0 Å². The molecule has 11 nitrogen and oxygen atoms in total. The number of fused-ring (bicyclic) bond motifs is 1. The van der Waals surface area contributed by atoms with E-state index in [9.17, 15) is 18.0 Å². The zero-order valence-electron chi connectivity index (χ0n) is 18.9. The number of benzene rings is 1. The Hall–Kier alpha value is -2.86. The molecule has 0 unspecified atom stereocenters. The number of carbonyl (C=O) groups excluding carboxylic acids is 2. The monoisotopic (exact) mass is 458 g/mol. The molecule has 0 spiro atoms. The van der Waals surface area contributed by atoms with Crippen LogP contribution < -0.4 is 10.4 Å². The zero-order valence-corrected chi connectivity index (χ0v) is 19.7. The van der Waals surface area contributed by atoms with Crippen molar-refractivity contribution in [1.82, 2.24) is 15.4 Å². The van der Waals surface area contributed by atoms with Crippen LogP contribution in [-0.4, -0.2) is 52.6 Å². The molecule has 0 bridgehead atoms. The molecule has 0 saturated heterocycles. The smallest absolute Gasteiger partial charge is 0.434 e. The first-order valence-electron chi connectivity index (χ1n) is 9.25. The number of carbonyl (C=O) groups is 2. The average Bonchev–Trinajstić information content (AvgIpc) is 2.86. The summed E-state index contributed by atoms with van der Waals surface area (Å²) in [7, 11) is -3.67. The van der Waals surface area contributed by atoms with Crippen LogP contribution in [0, 0.1) is 6.92 Å². The Morgan fingerprint density at radius 3 is 2.10 bits per heavy atom. The fourth-order valence-electron chi connectivity index (χ4n) is 2.18. The third kappa shape index (κ3) is 10.6. The van der Waals surface area contributed by atoms with Crippen LogP contribution in [-0.2, 0) is 19.6 Å². The maximum Gasteiger partial charge on any atom is 0.434 e. The number of aromatic amines is 1. The van der Waals surface area contributed by atoms with E-state index in [0.29, 0.717) is 11.9 Å². The highest BCUT2D eigenvalue weighted by molar-refractivity contribution is 7.85. The van der Waals surface area contributed by atoms with Crippen molar-refractivity contribution < 1.29 is 32.0 Å². The summed E-state index contributed by atoms with van der Waals surface area (Å²) in [5, 5.41) is 1.02. The van der Waals surface area contributed by atoms with E-state index in [1.165, 1.54) is 0 Å². The number of imidazole rings is 1. The number of ether oxygens (including phenoxy) is 2. The van der Waals surface area contributed by atoms with Crippen molar-refractivity contribution in [3.63, 3.8) is 0 Å². The lowest BCUT2D eigenvalue weighted by molar-refractivity contribution is 0.0425. The topological polar surface area (TPSA) is 151 Å². The number of aromatic nitrogens is 2. The third-order valence-corrected chi connectivity index (χ3v) is 3.02. The van der Waals surface area contributed by atoms with E-state index in [2.05, 4.69) is 15.4 Å². The first-order chi connectivity index (χ1) is 13.8. The average molecular weight is 459 g/mol. The molecular formula is C19H30N4O7S. The number of hydrazine groups is 1. The largest absolute Gasteiger partial charge is 0.443 e. The lowest BCUT2D eigenvalue weighted by atomic mass is 10.2. The van der Waals surface area contributed by atoms with Gasteiger partial charge in [0.2, 0.25) is 0 Å². The molecule has 12 heteroatoms. The molecule has 174 valence electrons. The van der Waals surface area contributed by atoms with Crippen LogP contribution in [0.3, 0.4) is 0 Å². The molecule has 0 saturated carbocycles. The summed E-state index contributed by atoms with van der Waals surface area (Å²) >= 11 is 0. The van der Waals surface area contributed by atoms with E-state index >= 15 is 0 Å². The minimum atomic E-state index is -3.67. The van der Waals surface area contributed by atoms with Crippen molar-refractivity contribution in [3.05, 3.63) is 24.0 Å². The molecule has 2 amide bonds. The molecule has 2 rings (SSSR count). The summed E-state index contributed by atoms with van der Waals surface area (Å²) in [6, 6.07) is 5.13. The number of hydrogen-bond donors (Lipinski definition) is 3. The Morgan fingerprint density at radius 1 is 1.10 bits per heavy atom. The fourth-order valence-corrected chi connectivity index (χ4v) is 2.18. The summed E-state index contributed by atoms with van der Waals surface area (Å²) in [6.45, 7) is 12.3. The Balaban J connectivity index is 0.000000861. The number of nitrogens with one attached hydrogen (secondary N) is 2. The summed E-state index contributed by atoms with van der Waals surface area (Å²) in [6.07, 6.45) is -0.768. The molecule has 0 radical (unpaired) electrons. The van der Waals surface area contributed by atoms with Gasteiger partial charge in [-0.05, 0) is 66.7 Å². The van der Waals surface area contributed by atoms with Crippen LogP contribution >= 0.6 is 0 Å². The van der Waals surface area contributed by atoms with Gasteiger partial charge in [-0.15, -0.1) is 0 Å². The molecule has 0 aliphatic carbocycles. The Morgan fingerprint density at radius 2 is 1.61 bits per heavy atom. The molecule has 3 N–H and O–H groups in total. The standard InChI is InChI=1S/C18H26N4O4.CH4O3S/c1-11-19-13-9-8-12(10-14(13)20-11)22(16(24)26-18(5,6)7)21-15(23)25-17(2,3)4;1-5(2,3)4/h8-10H,1-7H3,(H,19,20)(H,21,23);1H3,(H,2,3,4). The summed E-state index contributed by atoms with van der Waals surface area (Å²) in [4.78, 5) is 32.2. The third-order valence-electron chi connectivity index (χ3n) is 3.02. The Bertz CT molecular complexity index is 1030. The van der Waals surface area contributed by atoms with Crippen molar-refractivity contribution in [2.75, 3.05) is 11.3 Å². The van der Waals surface area contributed by atoms with Crippen LogP contribution in [0.4, 0.5) is 15.3 Å². The number of H-pyrrole nitrogens is 1. The van der Waals surface area contributed by atoms with E-state index in [-0.39, 0.29) is 0 Å². The first-order valence-corrected chi connectivity index (χ1v) is 11.1. The van der Waals surface area contributed by atoms with Crippen LogP contribution in [0.1, 0.15) is 47.4 Å². The summed E-state index contributed by atoms with van der Waals surface area (Å²) < 4.78 is 36.5. The number of hydrogen-bond acceptors (Lipinski definition) is 7. The van der Waals surface area contributed by atoms with Gasteiger partial charge in [0.15, 0.2) is 0 Å². The number of nitrogens with zero attached hydrogens (tertiary/aromatic N) is 2.